The monoisotopic (exact) mass is 2130 g/mol. The number of pyridine rings is 4. The van der Waals surface area contributed by atoms with E-state index in [4.69, 9.17) is 101 Å². The highest BCUT2D eigenvalue weighted by Gasteiger charge is 2.41. The van der Waals surface area contributed by atoms with E-state index in [-0.39, 0.29) is 63.0 Å². The van der Waals surface area contributed by atoms with E-state index in [1.54, 1.807) is 94.9 Å². The van der Waals surface area contributed by atoms with Crippen LogP contribution >= 0.6 is 81.2 Å². The van der Waals surface area contributed by atoms with E-state index < -0.39 is 22.4 Å². The molecule has 12 aromatic rings. The average Bonchev–Trinajstić information content (AvgIpc) is 0.790. The molecule has 16 rings (SSSR count). The summed E-state index contributed by atoms with van der Waals surface area (Å²) in [7, 11) is 0. The number of nitrogens with zero attached hydrogens (tertiary/aromatic N) is 12. The summed E-state index contributed by atoms with van der Waals surface area (Å²) in [5.74, 6) is 2.83. The van der Waals surface area contributed by atoms with Gasteiger partial charge in [0, 0.05) is 192 Å². The van der Waals surface area contributed by atoms with E-state index in [1.807, 2.05) is 152 Å². The lowest BCUT2D eigenvalue weighted by molar-refractivity contribution is 0.00962. The average molecular weight is 2130 g/mol. The van der Waals surface area contributed by atoms with Gasteiger partial charge in [0.2, 0.25) is 0 Å². The molecule has 9 N–H and O–H groups in total. The summed E-state index contributed by atoms with van der Waals surface area (Å²) in [4.78, 5) is 35.1. The highest BCUT2D eigenvalue weighted by Crippen LogP contribution is 2.45. The fourth-order valence-electron chi connectivity index (χ4n) is 18.8. The van der Waals surface area contributed by atoms with Crippen LogP contribution in [0.5, 0.6) is 17.2 Å². The van der Waals surface area contributed by atoms with Crippen LogP contribution in [0.25, 0.3) is 0 Å². The number of aryl methyl sites for hydroxylation is 1. The van der Waals surface area contributed by atoms with Crippen molar-refractivity contribution in [3.63, 3.8) is 0 Å². The first-order chi connectivity index (χ1) is 69.9. The lowest BCUT2D eigenvalue weighted by Gasteiger charge is -2.45. The van der Waals surface area contributed by atoms with Crippen LogP contribution in [0.1, 0.15) is 172 Å². The van der Waals surface area contributed by atoms with Gasteiger partial charge in [0.05, 0.1) is 136 Å². The van der Waals surface area contributed by atoms with Gasteiger partial charge < -0.3 is 79.8 Å². The van der Waals surface area contributed by atoms with Gasteiger partial charge in [-0.15, -0.1) is 0 Å². The minimum absolute atomic E-state index is 0.0108. The molecule has 32 heteroatoms. The molecule has 8 heterocycles. The van der Waals surface area contributed by atoms with Gasteiger partial charge in [-0.1, -0.05) is 195 Å². The fourth-order valence-corrected chi connectivity index (χ4v) is 20.3. The van der Waals surface area contributed by atoms with Crippen LogP contribution in [0.3, 0.4) is 0 Å². The van der Waals surface area contributed by atoms with Crippen LogP contribution in [0.15, 0.2) is 243 Å². The Morgan fingerprint density at radius 2 is 0.610 bits per heavy atom. The van der Waals surface area contributed by atoms with Crippen molar-refractivity contribution in [1.29, 1.82) is 0 Å². The normalized spacial score (nSPS) is 18.2. The molecule has 0 saturated carbocycles. The second-order valence-corrected chi connectivity index (χ2v) is 42.5. The van der Waals surface area contributed by atoms with Crippen molar-refractivity contribution in [2.75, 3.05) is 151 Å². The van der Waals surface area contributed by atoms with Crippen molar-refractivity contribution in [2.45, 2.75) is 155 Å². The molecule has 8 aromatic carbocycles. The van der Waals surface area contributed by atoms with Gasteiger partial charge in [-0.05, 0) is 208 Å². The maximum Gasteiger partial charge on any atom is 0.123 e. The standard InChI is InChI=1S/C29H35Cl2N3O3.C29H35ClFN3O3.2C28H33Cl2N3O3/c1-20(2)18-37-25-10-11-27(26(31)14-25)34-13-12-33(16-28(34)21-4-7-23(30)8-5-21)19-29(3,36)22-6-9-24(17-35)32-15-22;1-20(2)18-37-25-10-11-27(26(30)14-25)34-13-12-33(16-28(34)21-4-7-23(31)8-5-21)19-29(3,36)22-6-9-24(17-35)32-15-22;1-28(36,22-7-10-24(18-35)31-16-22)19-32-12-13-33(27(17-32)21-5-8-23(29)9-6-21)26-11-4-20(3-2-14-34)15-25(26)30;1-3-14-36-24-10-11-26(25(30)15-24)33-13-12-32(17-27(33)20-4-7-22(29)8-5-20)19-28(2,35)21-6-9-23(18-34)31-16-21/h2*4-11,14-15,20,28,35-36H,12-13,16-19H2,1-3H3;4-11,15-16,27,34-36H,2-3,12-14,17-19H2,1H3;4-11,15-16,27,34-35H,3,12-14,17-19H2,1-2H3/t2*28-,29+;2*27-,28+/m0000/s1. The van der Waals surface area contributed by atoms with Crippen molar-refractivity contribution in [3.05, 3.63) is 357 Å². The number of benzene rings is 8. The molecule has 8 atom stereocenters. The fraction of sp³-hybridized carbons (Fsp3) is 0.404. The van der Waals surface area contributed by atoms with E-state index >= 15 is 0 Å². The van der Waals surface area contributed by atoms with Gasteiger partial charge in [-0.2, -0.15) is 0 Å². The first kappa shape index (κ1) is 114. The smallest absolute Gasteiger partial charge is 0.123 e. The zero-order valence-electron chi connectivity index (χ0n) is 84.3. The summed E-state index contributed by atoms with van der Waals surface area (Å²) in [6.07, 6.45) is 8.96. The van der Waals surface area contributed by atoms with Gasteiger partial charge in [-0.3, -0.25) is 39.5 Å². The number of ether oxygens (including phenoxy) is 3. The maximum atomic E-state index is 13.7. The Kier molecular flexibility index (Phi) is 41.4. The molecular formula is C114H136Cl7FN12O12. The Morgan fingerprint density at radius 1 is 0.342 bits per heavy atom. The molecular weight excluding hydrogens is 2000 g/mol. The third kappa shape index (κ3) is 31.3. The van der Waals surface area contributed by atoms with Crippen LogP contribution in [0, 0.1) is 17.7 Å². The van der Waals surface area contributed by atoms with Gasteiger partial charge in [0.15, 0.2) is 0 Å². The topological polar surface area (TPSA) is 287 Å². The SMILES string of the molecule is CC(C)COc1ccc(N2CCN(C[C@@](C)(O)c3ccc(CO)nc3)C[C@H]2c2ccc(Cl)cc2)c(Cl)c1.CC(C)COc1ccc(N2CCN(C[C@@](C)(O)c3ccc(CO)nc3)C[C@H]2c2ccc(F)cc2)c(Cl)c1.CCCOc1ccc(N2CCN(C[C@@](C)(O)c3ccc(CO)nc3)C[C@H]2c2ccc(Cl)cc2)c(Cl)c1.C[C@@](O)(CN1CCN(c2ccc(CCCO)cc2Cl)[C@H](c2ccc(Cl)cc2)C1)c1ccc(CO)nc1. The second kappa shape index (κ2) is 53.2. The zero-order valence-corrected chi connectivity index (χ0v) is 89.6. The summed E-state index contributed by atoms with van der Waals surface area (Å²) in [6, 6.07) is 68.1. The lowest BCUT2D eigenvalue weighted by atomic mass is 9.94. The van der Waals surface area contributed by atoms with E-state index in [1.165, 1.54) is 12.1 Å². The number of hydrogen-bond donors (Lipinski definition) is 9. The summed E-state index contributed by atoms with van der Waals surface area (Å²) in [5.41, 5.74) is 9.92. The van der Waals surface area contributed by atoms with Crippen LogP contribution in [0.4, 0.5) is 27.1 Å². The largest absolute Gasteiger partial charge is 0.494 e. The van der Waals surface area contributed by atoms with Crippen molar-refractivity contribution >= 4 is 104 Å². The van der Waals surface area contributed by atoms with Gasteiger partial charge in [0.1, 0.15) is 45.5 Å². The number of aromatic nitrogens is 4. The minimum Gasteiger partial charge on any atom is -0.494 e. The van der Waals surface area contributed by atoms with Crippen molar-refractivity contribution < 1.29 is 64.6 Å². The molecule has 0 amide bonds. The Balaban J connectivity index is 0.000000163. The van der Waals surface area contributed by atoms with E-state index in [0.29, 0.717) is 173 Å². The third-order valence-electron chi connectivity index (χ3n) is 26.7. The first-order valence-electron chi connectivity index (χ1n) is 49.7. The Bertz CT molecular complexity index is 5730. The number of β-amino-alcohol motifs (C(OH)–C–C–N with tert-alkyl or cyclic N) is 4. The zero-order chi connectivity index (χ0) is 105. The lowest BCUT2D eigenvalue weighted by Crippen LogP contribution is -2.52. The molecule has 0 spiro atoms. The quantitative estimate of drug-likeness (QED) is 0.0176. The molecule has 4 aliphatic heterocycles. The van der Waals surface area contributed by atoms with Crippen molar-refractivity contribution in [3.8, 4) is 17.2 Å². The highest BCUT2D eigenvalue weighted by atomic mass is 35.5. The molecule has 0 unspecified atom stereocenters. The molecule has 4 saturated heterocycles. The number of halogens is 8. The third-order valence-corrected chi connectivity index (χ3v) is 28.7. The second-order valence-electron chi connectivity index (χ2n) is 39.6. The highest BCUT2D eigenvalue weighted by molar-refractivity contribution is 6.35. The molecule has 780 valence electrons. The Morgan fingerprint density at radius 3 is 0.849 bits per heavy atom. The number of hydrogen-bond acceptors (Lipinski definition) is 24. The number of piperazine rings is 4. The molecule has 4 fully saturated rings. The summed E-state index contributed by atoms with van der Waals surface area (Å²) in [6.45, 7) is 29.5. The van der Waals surface area contributed by atoms with Crippen LogP contribution in [0.2, 0.25) is 35.2 Å². The van der Waals surface area contributed by atoms with Gasteiger partial charge in [0.25, 0.3) is 0 Å². The van der Waals surface area contributed by atoms with E-state index in [2.05, 4.69) is 106 Å². The van der Waals surface area contributed by atoms with Crippen molar-refractivity contribution in [2.24, 2.45) is 11.8 Å². The van der Waals surface area contributed by atoms with Crippen LogP contribution < -0.4 is 33.8 Å². The molecule has 24 nitrogen and oxygen atoms in total. The summed E-state index contributed by atoms with van der Waals surface area (Å²) in [5, 5.41) is 96.2. The molecule has 146 heavy (non-hydrogen) atoms. The Hall–Kier alpha value is -9.60. The molecule has 0 aliphatic carbocycles. The van der Waals surface area contributed by atoms with Crippen LogP contribution in [-0.4, -0.2) is 217 Å². The van der Waals surface area contributed by atoms with Gasteiger partial charge in [-0.25, -0.2) is 4.39 Å². The van der Waals surface area contributed by atoms with E-state index in [0.717, 1.165) is 131 Å². The Labute approximate surface area is 893 Å². The number of aliphatic hydroxyl groups excluding tert-OH is 5. The number of aliphatic hydroxyl groups is 9. The van der Waals surface area contributed by atoms with Crippen LogP contribution in [-0.2, 0) is 55.3 Å². The van der Waals surface area contributed by atoms with Crippen molar-refractivity contribution in [1.82, 2.24) is 39.5 Å². The summed E-state index contributed by atoms with van der Waals surface area (Å²) >= 11 is 45.6. The summed E-state index contributed by atoms with van der Waals surface area (Å²) < 4.78 is 31.2. The number of anilines is 4. The molecule has 0 radical (unpaired) electrons. The minimum atomic E-state index is -1.14. The maximum absolute atomic E-state index is 13.7. The van der Waals surface area contributed by atoms with E-state index in [9.17, 15) is 45.2 Å². The first-order valence-corrected chi connectivity index (χ1v) is 52.4. The predicted molar refractivity (Wildman–Crippen MR) is 583 cm³/mol. The molecule has 4 aliphatic rings. The molecule has 4 aromatic heterocycles. The predicted octanol–water partition coefficient (Wildman–Crippen LogP) is 20.9. The molecule has 0 bridgehead atoms. The van der Waals surface area contributed by atoms with Gasteiger partial charge >= 0.3 is 0 Å². The number of rotatable bonds is 36.